The summed E-state index contributed by atoms with van der Waals surface area (Å²) in [4.78, 5) is 0. The molecule has 3 rings (SSSR count). The topological polar surface area (TPSA) is 0 Å². The molecule has 21 heavy (non-hydrogen) atoms. The predicted molar refractivity (Wildman–Crippen MR) is 89.8 cm³/mol. The van der Waals surface area contributed by atoms with Crippen molar-refractivity contribution in [3.63, 3.8) is 0 Å². The summed E-state index contributed by atoms with van der Waals surface area (Å²) in [6.07, 6.45) is 4.65. The normalized spacial score (nSPS) is 12.3. The van der Waals surface area contributed by atoms with Crippen LogP contribution in [0.1, 0.15) is 25.0 Å². The molecule has 1 aliphatic carbocycles. The van der Waals surface area contributed by atoms with Crippen LogP contribution in [0.3, 0.4) is 0 Å². The average Bonchev–Trinajstić information content (AvgIpc) is 2.93. The van der Waals surface area contributed by atoms with Crippen molar-refractivity contribution >= 4 is 23.1 Å². The van der Waals surface area contributed by atoms with Gasteiger partial charge in [-0.3, -0.25) is 0 Å². The number of benzene rings is 2. The molecule has 0 atom stereocenters. The molecule has 0 fully saturated rings. The second kappa shape index (κ2) is 8.32. The second-order valence-corrected chi connectivity index (χ2v) is 8.92. The summed E-state index contributed by atoms with van der Waals surface area (Å²) in [7, 11) is 9.87. The molecule has 0 bridgehead atoms. The van der Waals surface area contributed by atoms with E-state index in [1.807, 2.05) is 0 Å². The fourth-order valence-electron chi connectivity index (χ4n) is 2.46. The Hall–Kier alpha value is -0.357. The fraction of sp³-hybridized carbons (Fsp3) is 0.167. The molecule has 0 spiro atoms. The minimum atomic E-state index is -0.826. The van der Waals surface area contributed by atoms with Gasteiger partial charge in [-0.1, -0.05) is 74.0 Å². The summed E-state index contributed by atoms with van der Waals surface area (Å²) in [5.41, 5.74) is 6.77. The molecule has 2 aromatic rings. The number of allylic oxidation sites excluding steroid dienone is 1. The molecule has 0 N–H and O–H groups in total. The van der Waals surface area contributed by atoms with Crippen LogP contribution in [-0.4, -0.2) is 0 Å². The summed E-state index contributed by atoms with van der Waals surface area (Å²) in [5.74, 6) is 0.584. The maximum atomic E-state index is 4.93. The van der Waals surface area contributed by atoms with Gasteiger partial charge >= 0.3 is 37.9 Å². The van der Waals surface area contributed by atoms with Crippen LogP contribution in [0.15, 0.2) is 54.1 Å². The number of halogens is 2. The SMILES string of the molecule is CC(C)C1=Cc2c(cccc2-c2ccccc2)[CH]1.[Cl][Zr][Cl]. The summed E-state index contributed by atoms with van der Waals surface area (Å²) in [6.45, 7) is 4.49. The Morgan fingerprint density at radius 2 is 1.57 bits per heavy atom. The fourth-order valence-corrected chi connectivity index (χ4v) is 2.46. The molecule has 1 aliphatic rings. The van der Waals surface area contributed by atoms with E-state index in [4.69, 9.17) is 17.0 Å². The van der Waals surface area contributed by atoms with Crippen LogP contribution in [-0.2, 0) is 20.8 Å². The van der Waals surface area contributed by atoms with Gasteiger partial charge in [-0.2, -0.15) is 0 Å². The molecule has 0 saturated heterocycles. The summed E-state index contributed by atoms with van der Waals surface area (Å²) in [6, 6.07) is 17.2. The molecule has 0 amide bonds. The van der Waals surface area contributed by atoms with E-state index >= 15 is 0 Å². The zero-order chi connectivity index (χ0) is 15.2. The molecule has 0 aromatic heterocycles. The molecule has 0 heterocycles. The number of rotatable bonds is 2. The zero-order valence-electron chi connectivity index (χ0n) is 12.1. The van der Waals surface area contributed by atoms with Crippen molar-refractivity contribution in [1.29, 1.82) is 0 Å². The van der Waals surface area contributed by atoms with Crippen molar-refractivity contribution < 1.29 is 20.8 Å². The third-order valence-electron chi connectivity index (χ3n) is 3.52. The Labute approximate surface area is 145 Å². The molecular formula is C18H17Cl2Zr. The van der Waals surface area contributed by atoms with Crippen LogP contribution in [0.2, 0.25) is 0 Å². The van der Waals surface area contributed by atoms with Crippen molar-refractivity contribution in [1.82, 2.24) is 0 Å². The molecule has 107 valence electrons. The van der Waals surface area contributed by atoms with Gasteiger partial charge in [0.2, 0.25) is 0 Å². The Morgan fingerprint density at radius 1 is 0.905 bits per heavy atom. The Kier molecular flexibility index (Phi) is 6.74. The first-order valence-corrected chi connectivity index (χ1v) is 13.2. The van der Waals surface area contributed by atoms with Gasteiger partial charge in [-0.15, -0.1) is 0 Å². The summed E-state index contributed by atoms with van der Waals surface area (Å²) >= 11 is -0.826. The van der Waals surface area contributed by atoms with Gasteiger partial charge in [0.25, 0.3) is 0 Å². The maximum absolute atomic E-state index is 4.93. The van der Waals surface area contributed by atoms with E-state index in [2.05, 4.69) is 74.9 Å². The van der Waals surface area contributed by atoms with E-state index in [0.29, 0.717) is 5.92 Å². The van der Waals surface area contributed by atoms with Crippen LogP contribution in [0, 0.1) is 12.3 Å². The average molecular weight is 395 g/mol. The van der Waals surface area contributed by atoms with Crippen LogP contribution >= 0.6 is 17.0 Å². The Bertz CT molecular complexity index is 618. The molecule has 0 aliphatic heterocycles. The van der Waals surface area contributed by atoms with E-state index in [-0.39, 0.29) is 0 Å². The van der Waals surface area contributed by atoms with E-state index < -0.39 is 20.8 Å². The van der Waals surface area contributed by atoms with Gasteiger partial charge in [0.05, 0.1) is 0 Å². The quantitative estimate of drug-likeness (QED) is 0.557. The molecule has 0 unspecified atom stereocenters. The number of fused-ring (bicyclic) bond motifs is 1. The molecule has 0 saturated carbocycles. The van der Waals surface area contributed by atoms with Crippen LogP contribution in [0.4, 0.5) is 0 Å². The first kappa shape index (κ1) is 17.0. The first-order chi connectivity index (χ1) is 10.2. The number of hydrogen-bond acceptors (Lipinski definition) is 0. The predicted octanol–water partition coefficient (Wildman–Crippen LogP) is 6.34. The monoisotopic (exact) mass is 393 g/mol. The van der Waals surface area contributed by atoms with Crippen molar-refractivity contribution in [3.05, 3.63) is 71.7 Å². The standard InChI is InChI=1S/C18H17.2ClH.Zr/c1-13(2)16-11-15-9-6-10-17(18(15)12-16)14-7-4-3-5-8-14;;;/h3-13H,1-2H3;2*1H;/q;;;+2/p-2. The van der Waals surface area contributed by atoms with Gasteiger partial charge < -0.3 is 0 Å². The van der Waals surface area contributed by atoms with E-state index in [9.17, 15) is 0 Å². The molecule has 2 aromatic carbocycles. The van der Waals surface area contributed by atoms with Crippen LogP contribution in [0.5, 0.6) is 0 Å². The van der Waals surface area contributed by atoms with Gasteiger partial charge in [-0.25, -0.2) is 0 Å². The zero-order valence-corrected chi connectivity index (χ0v) is 16.1. The minimum absolute atomic E-state index is 0.584. The molecular weight excluding hydrogens is 378 g/mol. The third kappa shape index (κ3) is 4.32. The molecule has 3 heteroatoms. The molecule has 1 radical (unpaired) electrons. The molecule has 0 nitrogen and oxygen atoms in total. The number of hydrogen-bond donors (Lipinski definition) is 0. The van der Waals surface area contributed by atoms with E-state index in [1.54, 1.807) is 0 Å². The van der Waals surface area contributed by atoms with Crippen molar-refractivity contribution in [2.45, 2.75) is 13.8 Å². The summed E-state index contributed by atoms with van der Waals surface area (Å²) < 4.78 is 0. The Morgan fingerprint density at radius 3 is 2.19 bits per heavy atom. The van der Waals surface area contributed by atoms with Gasteiger partial charge in [0.15, 0.2) is 0 Å². The van der Waals surface area contributed by atoms with E-state index in [0.717, 1.165) is 0 Å². The van der Waals surface area contributed by atoms with Gasteiger partial charge in [0, 0.05) is 6.42 Å². The second-order valence-electron chi connectivity index (χ2n) is 5.19. The van der Waals surface area contributed by atoms with Gasteiger partial charge in [-0.05, 0) is 28.2 Å². The summed E-state index contributed by atoms with van der Waals surface area (Å²) in [5, 5.41) is 0. The van der Waals surface area contributed by atoms with Crippen molar-refractivity contribution in [2.75, 3.05) is 0 Å². The van der Waals surface area contributed by atoms with Crippen molar-refractivity contribution in [2.24, 2.45) is 5.92 Å². The Balaban J connectivity index is 0.000000497. The van der Waals surface area contributed by atoms with E-state index in [1.165, 1.54) is 27.8 Å². The third-order valence-corrected chi connectivity index (χ3v) is 3.52. The van der Waals surface area contributed by atoms with Gasteiger partial charge in [0.1, 0.15) is 0 Å². The first-order valence-electron chi connectivity index (χ1n) is 6.88. The van der Waals surface area contributed by atoms with Crippen molar-refractivity contribution in [3.8, 4) is 11.1 Å². The van der Waals surface area contributed by atoms with Crippen LogP contribution < -0.4 is 0 Å². The van der Waals surface area contributed by atoms with Crippen LogP contribution in [0.25, 0.3) is 17.2 Å².